The summed E-state index contributed by atoms with van der Waals surface area (Å²) in [6.45, 7) is 0.336. The van der Waals surface area contributed by atoms with E-state index in [1.807, 2.05) is 0 Å². The zero-order chi connectivity index (χ0) is 15.6. The Morgan fingerprint density at radius 1 is 1.32 bits per heavy atom. The summed E-state index contributed by atoms with van der Waals surface area (Å²) in [7, 11) is 0. The van der Waals surface area contributed by atoms with Crippen molar-refractivity contribution in [3.05, 3.63) is 29.6 Å². The number of carbonyl (C=O) groups is 1. The van der Waals surface area contributed by atoms with Crippen molar-refractivity contribution in [2.75, 3.05) is 11.9 Å². The van der Waals surface area contributed by atoms with Gasteiger partial charge in [-0.15, -0.1) is 12.4 Å². The number of amides is 1. The molecule has 0 bridgehead atoms. The van der Waals surface area contributed by atoms with Crippen LogP contribution < -0.4 is 11.1 Å². The molecule has 0 aliphatic heterocycles. The second-order valence-corrected chi connectivity index (χ2v) is 5.21. The van der Waals surface area contributed by atoms with Gasteiger partial charge in [0.05, 0.1) is 11.3 Å². The quantitative estimate of drug-likeness (QED) is 0.826. The fraction of sp³-hybridized carbons (Fsp3) is 0.500. The molecule has 0 heterocycles. The molecule has 1 aromatic carbocycles. The molecule has 0 spiro atoms. The molecule has 1 aliphatic carbocycles. The van der Waals surface area contributed by atoms with Crippen molar-refractivity contribution in [3.63, 3.8) is 0 Å². The van der Waals surface area contributed by atoms with Crippen molar-refractivity contribution in [2.24, 2.45) is 17.6 Å². The van der Waals surface area contributed by atoms with E-state index in [1.165, 1.54) is 0 Å². The Morgan fingerprint density at radius 2 is 2.00 bits per heavy atom. The first kappa shape index (κ1) is 18.7. The smallest absolute Gasteiger partial charge is 0.330 e. The summed E-state index contributed by atoms with van der Waals surface area (Å²) in [5.74, 6) is -1.73. The van der Waals surface area contributed by atoms with Crippen LogP contribution in [0.2, 0.25) is 0 Å². The monoisotopic (exact) mass is 340 g/mol. The summed E-state index contributed by atoms with van der Waals surface area (Å²) in [5.41, 5.74) is 4.12. The van der Waals surface area contributed by atoms with Gasteiger partial charge in [-0.25, -0.2) is 4.39 Å². The molecule has 0 radical (unpaired) electrons. The first-order chi connectivity index (χ1) is 9.82. The number of hydrogen-bond donors (Lipinski definition) is 2. The van der Waals surface area contributed by atoms with Gasteiger partial charge in [0.25, 0.3) is 0 Å². The highest BCUT2D eigenvalue weighted by Gasteiger charge is 2.34. The van der Waals surface area contributed by atoms with Crippen LogP contribution in [0.25, 0.3) is 0 Å². The molecule has 8 heteroatoms. The number of carbonyl (C=O) groups excluding carboxylic acids is 1. The van der Waals surface area contributed by atoms with Crippen LogP contribution in [0.5, 0.6) is 0 Å². The molecule has 1 saturated carbocycles. The maximum absolute atomic E-state index is 13.6. The molecular weight excluding hydrogens is 324 g/mol. The molecule has 2 atom stereocenters. The van der Waals surface area contributed by atoms with Crippen LogP contribution in [0, 0.1) is 17.7 Å². The van der Waals surface area contributed by atoms with Gasteiger partial charge in [-0.1, -0.05) is 6.42 Å². The topological polar surface area (TPSA) is 55.1 Å². The Balaban J connectivity index is 0.00000242. The molecule has 2 rings (SSSR count). The van der Waals surface area contributed by atoms with E-state index in [4.69, 9.17) is 5.73 Å². The van der Waals surface area contributed by atoms with E-state index < -0.39 is 29.2 Å². The minimum absolute atomic E-state index is 0. The molecule has 1 aliphatic rings. The van der Waals surface area contributed by atoms with Crippen LogP contribution in [0.4, 0.5) is 23.2 Å². The van der Waals surface area contributed by atoms with Crippen LogP contribution in [-0.2, 0) is 11.0 Å². The number of anilines is 1. The Morgan fingerprint density at radius 3 is 2.59 bits per heavy atom. The summed E-state index contributed by atoms with van der Waals surface area (Å²) in [4.78, 5) is 12.1. The third-order valence-electron chi connectivity index (χ3n) is 3.85. The van der Waals surface area contributed by atoms with Crippen LogP contribution in [0.1, 0.15) is 24.8 Å². The molecule has 1 fully saturated rings. The minimum Gasteiger partial charge on any atom is -0.330 e. The molecule has 124 valence electrons. The summed E-state index contributed by atoms with van der Waals surface area (Å²) in [6, 6.07) is 1.95. The van der Waals surface area contributed by atoms with E-state index in [9.17, 15) is 22.4 Å². The number of alkyl halides is 3. The number of halogens is 5. The number of rotatable bonds is 3. The van der Waals surface area contributed by atoms with E-state index in [1.54, 1.807) is 0 Å². The lowest BCUT2D eigenvalue weighted by molar-refractivity contribution is -0.137. The summed E-state index contributed by atoms with van der Waals surface area (Å²) in [5, 5.41) is 2.26. The highest BCUT2D eigenvalue weighted by Crippen LogP contribution is 2.34. The summed E-state index contributed by atoms with van der Waals surface area (Å²) < 4.78 is 51.4. The van der Waals surface area contributed by atoms with E-state index in [2.05, 4.69) is 5.32 Å². The summed E-state index contributed by atoms with van der Waals surface area (Å²) >= 11 is 0. The lowest BCUT2D eigenvalue weighted by Crippen LogP contribution is -2.30. The normalized spacial score (nSPS) is 21.3. The van der Waals surface area contributed by atoms with Gasteiger partial charge in [-0.3, -0.25) is 4.79 Å². The standard InChI is InChI=1S/C14H16F4N2O.ClH/c15-11-5-4-9(14(16,17)18)6-12(11)20-13(21)10-3-1-2-8(10)7-19;/h4-6,8,10H,1-3,7,19H2,(H,20,21);1H/t8-,10-;/m1./s1. The van der Waals surface area contributed by atoms with Crippen molar-refractivity contribution in [2.45, 2.75) is 25.4 Å². The fourth-order valence-electron chi connectivity index (χ4n) is 2.69. The lowest BCUT2D eigenvalue weighted by atomic mass is 9.95. The first-order valence-electron chi connectivity index (χ1n) is 6.70. The van der Waals surface area contributed by atoms with Gasteiger partial charge in [-0.2, -0.15) is 13.2 Å². The van der Waals surface area contributed by atoms with Crippen molar-refractivity contribution >= 4 is 24.0 Å². The number of nitrogens with one attached hydrogen (secondary N) is 1. The second kappa shape index (κ2) is 7.28. The third kappa shape index (κ3) is 4.10. The van der Waals surface area contributed by atoms with Gasteiger partial charge in [-0.05, 0) is 43.5 Å². The van der Waals surface area contributed by atoms with E-state index in [0.717, 1.165) is 12.8 Å². The van der Waals surface area contributed by atoms with E-state index >= 15 is 0 Å². The summed E-state index contributed by atoms with van der Waals surface area (Å²) in [6.07, 6.45) is -2.32. The van der Waals surface area contributed by atoms with E-state index in [0.29, 0.717) is 31.2 Å². The SMILES string of the molecule is Cl.NC[C@H]1CCC[C@H]1C(=O)Nc1cc(C(F)(F)F)ccc1F. The van der Waals surface area contributed by atoms with Gasteiger partial charge in [0, 0.05) is 5.92 Å². The van der Waals surface area contributed by atoms with Gasteiger partial charge in [0.1, 0.15) is 5.82 Å². The van der Waals surface area contributed by atoms with Crippen molar-refractivity contribution in [1.82, 2.24) is 0 Å². The third-order valence-corrected chi connectivity index (χ3v) is 3.85. The number of benzene rings is 1. The maximum Gasteiger partial charge on any atom is 0.416 e. The second-order valence-electron chi connectivity index (χ2n) is 5.21. The van der Waals surface area contributed by atoms with Crippen molar-refractivity contribution in [1.29, 1.82) is 0 Å². The van der Waals surface area contributed by atoms with Crippen LogP contribution >= 0.6 is 12.4 Å². The molecule has 3 nitrogen and oxygen atoms in total. The van der Waals surface area contributed by atoms with Gasteiger partial charge >= 0.3 is 6.18 Å². The van der Waals surface area contributed by atoms with Crippen molar-refractivity contribution in [3.8, 4) is 0 Å². The predicted octanol–water partition coefficient (Wildman–Crippen LogP) is 3.58. The Bertz CT molecular complexity index is 536. The highest BCUT2D eigenvalue weighted by molar-refractivity contribution is 5.93. The molecular formula is C14H17ClF4N2O. The predicted molar refractivity (Wildman–Crippen MR) is 77.2 cm³/mol. The minimum atomic E-state index is -4.58. The van der Waals surface area contributed by atoms with Gasteiger partial charge in [0.15, 0.2) is 0 Å². The molecule has 1 amide bonds. The van der Waals surface area contributed by atoms with E-state index in [-0.39, 0.29) is 24.2 Å². The first-order valence-corrected chi connectivity index (χ1v) is 6.70. The largest absolute Gasteiger partial charge is 0.416 e. The molecule has 22 heavy (non-hydrogen) atoms. The molecule has 0 aromatic heterocycles. The van der Waals surface area contributed by atoms with Crippen LogP contribution in [0.3, 0.4) is 0 Å². The Kier molecular flexibility index (Phi) is 6.19. The molecule has 1 aromatic rings. The molecule has 3 N–H and O–H groups in total. The Labute approximate surface area is 131 Å². The molecule has 0 saturated heterocycles. The van der Waals surface area contributed by atoms with Gasteiger partial charge in [0.2, 0.25) is 5.91 Å². The fourth-order valence-corrected chi connectivity index (χ4v) is 2.69. The van der Waals surface area contributed by atoms with Gasteiger partial charge < -0.3 is 11.1 Å². The maximum atomic E-state index is 13.6. The average molecular weight is 341 g/mol. The highest BCUT2D eigenvalue weighted by atomic mass is 35.5. The average Bonchev–Trinajstić information content (AvgIpc) is 2.88. The number of hydrogen-bond acceptors (Lipinski definition) is 2. The molecule has 0 unspecified atom stereocenters. The van der Waals surface area contributed by atoms with Crippen LogP contribution in [-0.4, -0.2) is 12.5 Å². The number of nitrogens with two attached hydrogens (primary N) is 1. The van der Waals surface area contributed by atoms with Crippen LogP contribution in [0.15, 0.2) is 18.2 Å². The zero-order valence-electron chi connectivity index (χ0n) is 11.6. The lowest BCUT2D eigenvalue weighted by Gasteiger charge is -2.18. The Hall–Kier alpha value is -1.34. The van der Waals surface area contributed by atoms with Crippen molar-refractivity contribution < 1.29 is 22.4 Å². The zero-order valence-corrected chi connectivity index (χ0v) is 12.4.